The summed E-state index contributed by atoms with van der Waals surface area (Å²) >= 11 is 0. The lowest BCUT2D eigenvalue weighted by Crippen LogP contribution is -2.44. The van der Waals surface area contributed by atoms with E-state index < -0.39 is 0 Å². The van der Waals surface area contributed by atoms with Crippen LogP contribution in [0.2, 0.25) is 0 Å². The van der Waals surface area contributed by atoms with Crippen molar-refractivity contribution in [3.8, 4) is 5.75 Å². The molecule has 0 radical (unpaired) electrons. The van der Waals surface area contributed by atoms with Crippen LogP contribution < -0.4 is 4.74 Å². The smallest absolute Gasteiger partial charge is 0.171 e. The third-order valence-electron chi connectivity index (χ3n) is 3.66. The summed E-state index contributed by atoms with van der Waals surface area (Å²) in [6.07, 6.45) is -0.387. The molecule has 0 aliphatic carbocycles. The topological polar surface area (TPSA) is 51.2 Å². The molecule has 0 unspecified atom stereocenters. The van der Waals surface area contributed by atoms with E-state index in [-0.39, 0.29) is 25.1 Å². The number of ether oxygens (including phenoxy) is 3. The van der Waals surface area contributed by atoms with Gasteiger partial charge in [0.1, 0.15) is 18.0 Å². The molecule has 5 heteroatoms. The van der Waals surface area contributed by atoms with Crippen LogP contribution in [0.15, 0.2) is 24.3 Å². The molecule has 3 rings (SSSR count). The number of nitrogens with zero attached hydrogens (tertiary/aromatic N) is 1. The summed E-state index contributed by atoms with van der Waals surface area (Å²) in [5.41, 5.74) is 1.24. The molecule has 2 heterocycles. The average molecular weight is 265 g/mol. The van der Waals surface area contributed by atoms with Gasteiger partial charge in [-0.1, -0.05) is 12.1 Å². The van der Waals surface area contributed by atoms with Gasteiger partial charge in [0.05, 0.1) is 13.7 Å². The first-order valence-corrected chi connectivity index (χ1v) is 6.55. The molecule has 5 nitrogen and oxygen atoms in total. The van der Waals surface area contributed by atoms with Gasteiger partial charge in [-0.2, -0.15) is 0 Å². The van der Waals surface area contributed by atoms with Crippen molar-refractivity contribution < 1.29 is 19.3 Å². The maximum absolute atomic E-state index is 9.21. The van der Waals surface area contributed by atoms with Crippen LogP contribution in [0.4, 0.5) is 0 Å². The standard InChI is InChI=1S/C14H19NO4/c1-17-11-4-2-10(3-5-11)6-15-7-12-13(9-16)19-14(8-15)18-12/h2-5,12-14,16H,6-9H2,1H3/t12-,13-,14-/m0/s1. The van der Waals surface area contributed by atoms with E-state index in [0.29, 0.717) is 0 Å². The zero-order chi connectivity index (χ0) is 13.2. The summed E-state index contributed by atoms with van der Waals surface area (Å²) in [4.78, 5) is 2.30. The molecular formula is C14H19NO4. The van der Waals surface area contributed by atoms with Crippen LogP contribution in [0.5, 0.6) is 5.75 Å². The normalized spacial score (nSPS) is 30.5. The third-order valence-corrected chi connectivity index (χ3v) is 3.66. The van der Waals surface area contributed by atoms with Gasteiger partial charge >= 0.3 is 0 Å². The summed E-state index contributed by atoms with van der Waals surface area (Å²) in [6, 6.07) is 8.08. The molecule has 2 fully saturated rings. The van der Waals surface area contributed by atoms with Gasteiger partial charge in [-0.15, -0.1) is 0 Å². The van der Waals surface area contributed by atoms with Crippen LogP contribution in [0.25, 0.3) is 0 Å². The summed E-state index contributed by atoms with van der Waals surface area (Å²) in [7, 11) is 1.67. The maximum Gasteiger partial charge on any atom is 0.171 e. The van der Waals surface area contributed by atoms with Gasteiger partial charge in [-0.25, -0.2) is 0 Å². The Morgan fingerprint density at radius 3 is 2.74 bits per heavy atom. The summed E-state index contributed by atoms with van der Waals surface area (Å²) in [5.74, 6) is 0.870. The monoisotopic (exact) mass is 265 g/mol. The van der Waals surface area contributed by atoms with Crippen molar-refractivity contribution in [2.45, 2.75) is 25.0 Å². The van der Waals surface area contributed by atoms with Crippen molar-refractivity contribution in [2.24, 2.45) is 0 Å². The molecule has 2 aliphatic rings. The number of fused-ring (bicyclic) bond motifs is 2. The largest absolute Gasteiger partial charge is 0.497 e. The minimum Gasteiger partial charge on any atom is -0.497 e. The van der Waals surface area contributed by atoms with E-state index in [1.54, 1.807) is 7.11 Å². The Labute approximate surface area is 112 Å². The van der Waals surface area contributed by atoms with Gasteiger partial charge in [0.25, 0.3) is 0 Å². The number of hydrogen-bond donors (Lipinski definition) is 1. The molecule has 3 atom stereocenters. The molecule has 0 saturated carbocycles. The van der Waals surface area contributed by atoms with Crippen LogP contribution in [0, 0.1) is 0 Å². The average Bonchev–Trinajstić information content (AvgIpc) is 2.74. The molecule has 1 N–H and O–H groups in total. The number of rotatable bonds is 4. The van der Waals surface area contributed by atoms with Gasteiger partial charge < -0.3 is 19.3 Å². The van der Waals surface area contributed by atoms with E-state index in [1.807, 2.05) is 12.1 Å². The second-order valence-corrected chi connectivity index (χ2v) is 5.00. The van der Waals surface area contributed by atoms with Crippen molar-refractivity contribution in [1.82, 2.24) is 4.90 Å². The van der Waals surface area contributed by atoms with Gasteiger partial charge in [-0.05, 0) is 17.7 Å². The number of methoxy groups -OCH3 is 1. The number of benzene rings is 1. The Balaban J connectivity index is 1.61. The molecule has 0 amide bonds. The molecule has 2 bridgehead atoms. The number of morpholine rings is 1. The fourth-order valence-electron chi connectivity index (χ4n) is 2.66. The molecule has 1 aromatic carbocycles. The first kappa shape index (κ1) is 12.9. The zero-order valence-corrected chi connectivity index (χ0v) is 11.0. The first-order valence-electron chi connectivity index (χ1n) is 6.55. The van der Waals surface area contributed by atoms with Crippen LogP contribution in [-0.4, -0.2) is 55.3 Å². The summed E-state index contributed by atoms with van der Waals surface area (Å²) < 4.78 is 16.4. The Kier molecular flexibility index (Phi) is 3.70. The molecule has 1 aromatic rings. The van der Waals surface area contributed by atoms with E-state index >= 15 is 0 Å². The predicted molar refractivity (Wildman–Crippen MR) is 68.9 cm³/mol. The highest BCUT2D eigenvalue weighted by Crippen LogP contribution is 2.26. The minimum absolute atomic E-state index is 0.0120. The van der Waals surface area contributed by atoms with E-state index in [2.05, 4.69) is 17.0 Å². The maximum atomic E-state index is 9.21. The number of aliphatic hydroxyl groups excluding tert-OH is 1. The lowest BCUT2D eigenvalue weighted by atomic mass is 10.1. The van der Waals surface area contributed by atoms with E-state index in [4.69, 9.17) is 14.2 Å². The highest BCUT2D eigenvalue weighted by atomic mass is 16.7. The first-order chi connectivity index (χ1) is 9.28. The minimum atomic E-state index is -0.200. The van der Waals surface area contributed by atoms with Gasteiger partial charge in [-0.3, -0.25) is 4.90 Å². The lowest BCUT2D eigenvalue weighted by molar-refractivity contribution is -0.113. The van der Waals surface area contributed by atoms with Crippen LogP contribution >= 0.6 is 0 Å². The molecule has 104 valence electrons. The van der Waals surface area contributed by atoms with E-state index in [0.717, 1.165) is 25.4 Å². The highest BCUT2D eigenvalue weighted by molar-refractivity contribution is 5.27. The second kappa shape index (κ2) is 5.46. The van der Waals surface area contributed by atoms with Crippen LogP contribution in [0.1, 0.15) is 5.56 Å². The van der Waals surface area contributed by atoms with Crippen molar-refractivity contribution in [3.63, 3.8) is 0 Å². The second-order valence-electron chi connectivity index (χ2n) is 5.00. The highest BCUT2D eigenvalue weighted by Gasteiger charge is 2.41. The molecule has 0 spiro atoms. The number of aliphatic hydroxyl groups is 1. The van der Waals surface area contributed by atoms with Crippen LogP contribution in [-0.2, 0) is 16.0 Å². The molecule has 2 saturated heterocycles. The SMILES string of the molecule is COc1ccc(CN2C[C@@H]3O[C@@H](CO)[C@H](C2)O3)cc1. The fraction of sp³-hybridized carbons (Fsp3) is 0.571. The number of hydrogen-bond acceptors (Lipinski definition) is 5. The predicted octanol–water partition coefficient (Wildman–Crippen LogP) is 0.613. The Morgan fingerprint density at radius 2 is 2.05 bits per heavy atom. The summed E-state index contributed by atoms with van der Waals surface area (Å²) in [6.45, 7) is 2.44. The summed E-state index contributed by atoms with van der Waals surface area (Å²) in [5, 5.41) is 9.21. The molecule has 0 aromatic heterocycles. The third kappa shape index (κ3) is 2.74. The Morgan fingerprint density at radius 1 is 1.26 bits per heavy atom. The quantitative estimate of drug-likeness (QED) is 0.864. The molecule has 19 heavy (non-hydrogen) atoms. The van der Waals surface area contributed by atoms with E-state index in [1.165, 1.54) is 5.56 Å². The van der Waals surface area contributed by atoms with Crippen LogP contribution in [0.3, 0.4) is 0 Å². The van der Waals surface area contributed by atoms with Gasteiger partial charge in [0.2, 0.25) is 0 Å². The van der Waals surface area contributed by atoms with Crippen molar-refractivity contribution >= 4 is 0 Å². The Hall–Kier alpha value is -1.14. The van der Waals surface area contributed by atoms with Crippen molar-refractivity contribution in [1.29, 1.82) is 0 Å². The molecule has 2 aliphatic heterocycles. The van der Waals surface area contributed by atoms with Crippen molar-refractivity contribution in [3.05, 3.63) is 29.8 Å². The Bertz CT molecular complexity index is 422. The van der Waals surface area contributed by atoms with E-state index in [9.17, 15) is 5.11 Å². The zero-order valence-electron chi connectivity index (χ0n) is 11.0. The van der Waals surface area contributed by atoms with Gasteiger partial charge in [0.15, 0.2) is 6.29 Å². The van der Waals surface area contributed by atoms with Gasteiger partial charge in [0, 0.05) is 19.6 Å². The van der Waals surface area contributed by atoms with Crippen molar-refractivity contribution in [2.75, 3.05) is 26.8 Å². The lowest BCUT2D eigenvalue weighted by Gasteiger charge is -2.30. The fourth-order valence-corrected chi connectivity index (χ4v) is 2.66. The molecular weight excluding hydrogens is 246 g/mol.